The molecule has 1 atom stereocenters. The molecule has 11 heteroatoms. The molecule has 0 aliphatic carbocycles. The van der Waals surface area contributed by atoms with Crippen LogP contribution < -0.4 is 9.64 Å². The van der Waals surface area contributed by atoms with Gasteiger partial charge in [0.05, 0.1) is 11.7 Å². The van der Waals surface area contributed by atoms with Gasteiger partial charge in [-0.3, -0.25) is 0 Å². The van der Waals surface area contributed by atoms with E-state index in [2.05, 4.69) is 33.1 Å². The normalized spacial score (nSPS) is 17.8. The van der Waals surface area contributed by atoms with Gasteiger partial charge in [-0.25, -0.2) is 14.8 Å². The molecule has 1 unspecified atom stereocenters. The highest BCUT2D eigenvalue weighted by atomic mass is 16.7. The van der Waals surface area contributed by atoms with Crippen LogP contribution in [0.1, 0.15) is 48.5 Å². The van der Waals surface area contributed by atoms with Crippen molar-refractivity contribution in [3.8, 4) is 17.0 Å². The van der Waals surface area contributed by atoms with Crippen molar-refractivity contribution in [2.24, 2.45) is 0 Å². The van der Waals surface area contributed by atoms with E-state index in [0.29, 0.717) is 24.8 Å². The van der Waals surface area contributed by atoms with Crippen molar-refractivity contribution in [1.29, 1.82) is 0 Å². The number of aromatic amines is 1. The molecule has 0 saturated carbocycles. The van der Waals surface area contributed by atoms with Gasteiger partial charge in [0, 0.05) is 67.8 Å². The third kappa shape index (κ3) is 4.74. The van der Waals surface area contributed by atoms with Crippen LogP contribution in [0, 0.1) is 0 Å². The summed E-state index contributed by atoms with van der Waals surface area (Å²) in [7, 11) is 1.59. The first-order valence-corrected chi connectivity index (χ1v) is 13.2. The Kier molecular flexibility index (Phi) is 6.74. The quantitative estimate of drug-likeness (QED) is 0.350. The number of hydrogen-bond acceptors (Lipinski definition) is 8. The largest absolute Gasteiger partial charge is 0.467 e. The van der Waals surface area contributed by atoms with Gasteiger partial charge in [-0.2, -0.15) is 0 Å². The summed E-state index contributed by atoms with van der Waals surface area (Å²) in [4.78, 5) is 27.9. The molecule has 1 fully saturated rings. The van der Waals surface area contributed by atoms with Crippen LogP contribution in [0.5, 0.6) is 5.75 Å². The Labute approximate surface area is 225 Å². The smallest absolute Gasteiger partial charge is 0.407 e. The second-order valence-corrected chi connectivity index (χ2v) is 10.0. The maximum atomic E-state index is 11.2. The highest BCUT2D eigenvalue weighted by Gasteiger charge is 2.31. The molecule has 202 valence electrons. The molecule has 39 heavy (non-hydrogen) atoms. The third-order valence-electron chi connectivity index (χ3n) is 7.81. The number of rotatable bonds is 6. The summed E-state index contributed by atoms with van der Waals surface area (Å²) in [6, 6.07) is 9.84. The molecule has 4 aromatic rings. The van der Waals surface area contributed by atoms with E-state index in [1.54, 1.807) is 7.11 Å². The monoisotopic (exact) mass is 529 g/mol. The van der Waals surface area contributed by atoms with Crippen molar-refractivity contribution in [2.75, 3.05) is 38.4 Å². The molecule has 1 aromatic carbocycles. The minimum atomic E-state index is -0.850. The number of aromatic nitrogens is 5. The van der Waals surface area contributed by atoms with Crippen LogP contribution in [0.4, 0.5) is 10.7 Å². The van der Waals surface area contributed by atoms with E-state index in [1.165, 1.54) is 10.5 Å². The van der Waals surface area contributed by atoms with Crippen molar-refractivity contribution in [1.82, 2.24) is 30.0 Å². The van der Waals surface area contributed by atoms with E-state index in [0.717, 1.165) is 59.4 Å². The number of carbonyl (C=O) groups is 1. The van der Waals surface area contributed by atoms with Gasteiger partial charge >= 0.3 is 6.09 Å². The molecule has 3 aromatic heterocycles. The summed E-state index contributed by atoms with van der Waals surface area (Å²) in [5.74, 6) is 1.66. The number of H-pyrrole nitrogens is 1. The summed E-state index contributed by atoms with van der Waals surface area (Å²) >= 11 is 0. The molecular weight excluding hydrogens is 498 g/mol. The van der Waals surface area contributed by atoms with Gasteiger partial charge in [0.1, 0.15) is 5.75 Å². The van der Waals surface area contributed by atoms with Gasteiger partial charge in [-0.05, 0) is 49.4 Å². The Bertz CT molecular complexity index is 1480. The van der Waals surface area contributed by atoms with Crippen LogP contribution in [0.15, 0.2) is 42.7 Å². The minimum absolute atomic E-state index is 0.0317. The van der Waals surface area contributed by atoms with Crippen LogP contribution in [0.2, 0.25) is 0 Å². The van der Waals surface area contributed by atoms with Crippen LogP contribution >= 0.6 is 0 Å². The van der Waals surface area contributed by atoms with Crippen LogP contribution in [0.3, 0.4) is 0 Å². The molecule has 2 N–H and O–H groups in total. The summed E-state index contributed by atoms with van der Waals surface area (Å²) in [5.41, 5.74) is 5.75. The summed E-state index contributed by atoms with van der Waals surface area (Å²) < 4.78 is 10.8. The Hall–Kier alpha value is -4.25. The average Bonchev–Trinajstić information content (AvgIpc) is 3.35. The average molecular weight is 530 g/mol. The number of para-hydroxylation sites is 1. The summed E-state index contributed by atoms with van der Waals surface area (Å²) in [5, 5.41) is 19.2. The van der Waals surface area contributed by atoms with E-state index >= 15 is 0 Å². The highest BCUT2D eigenvalue weighted by Crippen LogP contribution is 2.38. The van der Waals surface area contributed by atoms with Gasteiger partial charge in [-0.1, -0.05) is 12.1 Å². The number of amides is 1. The second-order valence-electron chi connectivity index (χ2n) is 10.0. The lowest BCUT2D eigenvalue weighted by Gasteiger charge is -2.34. The molecule has 0 radical (unpaired) electrons. The second kappa shape index (κ2) is 10.5. The van der Waals surface area contributed by atoms with E-state index in [1.807, 2.05) is 36.7 Å². The highest BCUT2D eigenvalue weighted by molar-refractivity contribution is 5.86. The van der Waals surface area contributed by atoms with Gasteiger partial charge in [0.25, 0.3) is 0 Å². The number of benzene rings is 1. The molecule has 5 heterocycles. The molecular formula is C28H31N7O4. The molecule has 1 amide bonds. The number of anilines is 1. The number of nitrogens with zero attached hydrogens (tertiary/aromatic N) is 6. The molecule has 2 aliphatic rings. The van der Waals surface area contributed by atoms with Crippen LogP contribution in [0.25, 0.3) is 22.3 Å². The molecule has 1 saturated heterocycles. The first kappa shape index (κ1) is 25.1. The standard InChI is InChI=1S/C28H31N7O4/c1-17-25-21-13-23(20-5-3-4-6-24(20)39-16-38-2)32-33-26(21)31-22(25)9-12-35(17)27-29-14-19(15-30-27)18-7-10-34(11-8-18)28(36)37/h3-6,13-15,17-18H,7-12,16H2,1-2H3,(H,31,33)(H,36,37). The number of piperidine rings is 1. The fourth-order valence-corrected chi connectivity index (χ4v) is 5.74. The lowest BCUT2D eigenvalue weighted by Crippen LogP contribution is -2.37. The molecule has 11 nitrogen and oxygen atoms in total. The fourth-order valence-electron chi connectivity index (χ4n) is 5.74. The summed E-state index contributed by atoms with van der Waals surface area (Å²) in [6.45, 7) is 4.19. The van der Waals surface area contributed by atoms with E-state index < -0.39 is 6.09 Å². The molecule has 2 aliphatic heterocycles. The number of nitrogens with one attached hydrogen (secondary N) is 1. The van der Waals surface area contributed by atoms with Crippen LogP contribution in [-0.4, -0.2) is 74.8 Å². The first-order chi connectivity index (χ1) is 19.0. The number of carboxylic acid groups (broad SMARTS) is 1. The van der Waals surface area contributed by atoms with E-state index in [-0.39, 0.29) is 18.8 Å². The SMILES string of the molecule is COCOc1ccccc1-c1cc2c3c([nH]c2nn1)CCN(c1ncc(C2CCN(C(=O)O)CC2)cn1)C3C. The minimum Gasteiger partial charge on any atom is -0.467 e. The maximum absolute atomic E-state index is 11.2. The topological polar surface area (TPSA) is 130 Å². The van der Waals surface area contributed by atoms with E-state index in [9.17, 15) is 9.90 Å². The van der Waals surface area contributed by atoms with Crippen molar-refractivity contribution in [3.63, 3.8) is 0 Å². The van der Waals surface area contributed by atoms with Crippen molar-refractivity contribution < 1.29 is 19.4 Å². The zero-order valence-electron chi connectivity index (χ0n) is 22.0. The van der Waals surface area contributed by atoms with Gasteiger partial charge in [0.15, 0.2) is 12.4 Å². The Morgan fingerprint density at radius 1 is 1.13 bits per heavy atom. The predicted molar refractivity (Wildman–Crippen MR) is 145 cm³/mol. The Balaban J connectivity index is 1.26. The first-order valence-electron chi connectivity index (χ1n) is 13.2. The molecule has 0 spiro atoms. The van der Waals surface area contributed by atoms with Gasteiger partial charge in [0.2, 0.25) is 5.95 Å². The number of ether oxygens (including phenoxy) is 2. The van der Waals surface area contributed by atoms with Crippen molar-refractivity contribution >= 4 is 23.1 Å². The van der Waals surface area contributed by atoms with Gasteiger partial charge < -0.3 is 29.4 Å². The van der Waals surface area contributed by atoms with Gasteiger partial charge in [-0.15, -0.1) is 10.2 Å². The zero-order valence-corrected chi connectivity index (χ0v) is 22.0. The lowest BCUT2D eigenvalue weighted by atomic mass is 9.91. The fraction of sp³-hybridized carbons (Fsp3) is 0.393. The number of methoxy groups -OCH3 is 1. The lowest BCUT2D eigenvalue weighted by molar-refractivity contribution is 0.0515. The summed E-state index contributed by atoms with van der Waals surface area (Å²) in [6.07, 6.45) is 5.35. The number of fused-ring (bicyclic) bond motifs is 3. The Morgan fingerprint density at radius 2 is 1.90 bits per heavy atom. The van der Waals surface area contributed by atoms with Crippen molar-refractivity contribution in [2.45, 2.75) is 38.1 Å². The zero-order chi connectivity index (χ0) is 26.9. The van der Waals surface area contributed by atoms with Crippen LogP contribution in [-0.2, 0) is 11.2 Å². The predicted octanol–water partition coefficient (Wildman–Crippen LogP) is 4.38. The molecule has 0 bridgehead atoms. The number of likely N-dealkylation sites (tertiary alicyclic amines) is 1. The molecule has 6 rings (SSSR count). The Morgan fingerprint density at radius 3 is 2.64 bits per heavy atom. The van der Waals surface area contributed by atoms with E-state index in [4.69, 9.17) is 19.4 Å². The number of hydrogen-bond donors (Lipinski definition) is 2. The maximum Gasteiger partial charge on any atom is 0.407 e. The third-order valence-corrected chi connectivity index (χ3v) is 7.81. The van der Waals surface area contributed by atoms with Crippen molar-refractivity contribution in [3.05, 3.63) is 59.5 Å².